The quantitative estimate of drug-likeness (QED) is 0.776. The molecule has 0 aromatic heterocycles. The fourth-order valence-corrected chi connectivity index (χ4v) is 2.28. The zero-order chi connectivity index (χ0) is 14.4. The van der Waals surface area contributed by atoms with E-state index in [9.17, 15) is 4.79 Å². The third-order valence-corrected chi connectivity index (χ3v) is 3.57. The fourth-order valence-electron chi connectivity index (χ4n) is 2.28. The van der Waals surface area contributed by atoms with Crippen molar-refractivity contribution in [1.29, 1.82) is 0 Å². The van der Waals surface area contributed by atoms with E-state index < -0.39 is 0 Å². The normalized spacial score (nSPS) is 17.3. The number of benzene rings is 1. The van der Waals surface area contributed by atoms with Crippen molar-refractivity contribution in [3.05, 3.63) is 24.3 Å². The summed E-state index contributed by atoms with van der Waals surface area (Å²) < 4.78 is 10.5. The Morgan fingerprint density at radius 2 is 2.10 bits per heavy atom. The van der Waals surface area contributed by atoms with Crippen LogP contribution in [0.3, 0.4) is 0 Å². The van der Waals surface area contributed by atoms with Gasteiger partial charge in [-0.2, -0.15) is 0 Å². The molecular formula is C14H21N3O3. The van der Waals surface area contributed by atoms with E-state index in [4.69, 9.17) is 15.2 Å². The second-order valence-electron chi connectivity index (χ2n) is 4.88. The molecule has 6 nitrogen and oxygen atoms in total. The Morgan fingerprint density at radius 1 is 1.40 bits per heavy atom. The van der Waals surface area contributed by atoms with Gasteiger partial charge in [-0.15, -0.1) is 0 Å². The van der Waals surface area contributed by atoms with Crippen LogP contribution >= 0.6 is 0 Å². The molecule has 4 N–H and O–H groups in total. The van der Waals surface area contributed by atoms with Crippen LogP contribution in [0.15, 0.2) is 24.3 Å². The van der Waals surface area contributed by atoms with Crippen LogP contribution < -0.4 is 21.1 Å². The summed E-state index contributed by atoms with van der Waals surface area (Å²) in [4.78, 5) is 12.1. The van der Waals surface area contributed by atoms with E-state index in [1.54, 1.807) is 19.2 Å². The van der Waals surface area contributed by atoms with Crippen molar-refractivity contribution in [2.75, 3.05) is 32.2 Å². The van der Waals surface area contributed by atoms with Gasteiger partial charge in [0.1, 0.15) is 5.75 Å². The standard InChI is InChI=1S/C14H21N3O3/c1-19-12-5-3-2-4-11(12)16-13(18)17-14(10-15)6-8-20-9-7-14/h2-5H,6-10,15H2,1H3,(H2,16,17,18). The van der Waals surface area contributed by atoms with E-state index in [1.807, 2.05) is 12.1 Å². The van der Waals surface area contributed by atoms with Crippen molar-refractivity contribution in [3.8, 4) is 5.75 Å². The van der Waals surface area contributed by atoms with Gasteiger partial charge in [0.05, 0.1) is 18.3 Å². The van der Waals surface area contributed by atoms with Crippen LogP contribution in [0.1, 0.15) is 12.8 Å². The molecule has 0 radical (unpaired) electrons. The molecule has 110 valence electrons. The molecule has 0 atom stereocenters. The number of nitrogens with one attached hydrogen (secondary N) is 2. The number of urea groups is 1. The number of para-hydroxylation sites is 2. The Balaban J connectivity index is 2.01. The van der Waals surface area contributed by atoms with E-state index in [1.165, 1.54) is 0 Å². The second kappa shape index (κ2) is 6.58. The van der Waals surface area contributed by atoms with E-state index in [2.05, 4.69) is 10.6 Å². The maximum atomic E-state index is 12.1. The molecule has 1 aliphatic heterocycles. The van der Waals surface area contributed by atoms with Gasteiger partial charge in [-0.1, -0.05) is 12.1 Å². The van der Waals surface area contributed by atoms with Gasteiger partial charge in [0.25, 0.3) is 0 Å². The highest BCUT2D eigenvalue weighted by atomic mass is 16.5. The van der Waals surface area contributed by atoms with Gasteiger partial charge in [0.15, 0.2) is 0 Å². The summed E-state index contributed by atoms with van der Waals surface area (Å²) in [6.07, 6.45) is 1.45. The first kappa shape index (κ1) is 14.6. The lowest BCUT2D eigenvalue weighted by Gasteiger charge is -2.36. The fraction of sp³-hybridized carbons (Fsp3) is 0.500. The third-order valence-electron chi connectivity index (χ3n) is 3.57. The lowest BCUT2D eigenvalue weighted by molar-refractivity contribution is 0.0463. The third kappa shape index (κ3) is 3.40. The Morgan fingerprint density at radius 3 is 2.75 bits per heavy atom. The first-order chi connectivity index (χ1) is 9.69. The molecule has 1 fully saturated rings. The van der Waals surface area contributed by atoms with E-state index in [0.29, 0.717) is 31.2 Å². The summed E-state index contributed by atoms with van der Waals surface area (Å²) >= 11 is 0. The summed E-state index contributed by atoms with van der Waals surface area (Å²) in [5.74, 6) is 0.622. The number of carbonyl (C=O) groups excluding carboxylic acids is 1. The molecule has 0 bridgehead atoms. The summed E-state index contributed by atoms with van der Waals surface area (Å²) in [7, 11) is 1.57. The highest BCUT2D eigenvalue weighted by Crippen LogP contribution is 2.24. The number of amides is 2. The number of nitrogens with two attached hydrogens (primary N) is 1. The van der Waals surface area contributed by atoms with Crippen LogP contribution in [0.5, 0.6) is 5.75 Å². The molecule has 1 aliphatic rings. The van der Waals surface area contributed by atoms with Gasteiger partial charge in [0, 0.05) is 19.8 Å². The van der Waals surface area contributed by atoms with Gasteiger partial charge >= 0.3 is 6.03 Å². The number of hydrogen-bond donors (Lipinski definition) is 3. The van der Waals surface area contributed by atoms with Crippen molar-refractivity contribution in [3.63, 3.8) is 0 Å². The predicted molar refractivity (Wildman–Crippen MR) is 77.0 cm³/mol. The highest BCUT2D eigenvalue weighted by Gasteiger charge is 2.32. The zero-order valence-electron chi connectivity index (χ0n) is 11.6. The first-order valence-electron chi connectivity index (χ1n) is 6.69. The Kier molecular flexibility index (Phi) is 4.81. The lowest BCUT2D eigenvalue weighted by atomic mass is 9.90. The molecular weight excluding hydrogens is 258 g/mol. The van der Waals surface area contributed by atoms with Gasteiger partial charge < -0.3 is 25.8 Å². The lowest BCUT2D eigenvalue weighted by Crippen LogP contribution is -2.57. The molecule has 0 unspecified atom stereocenters. The largest absolute Gasteiger partial charge is 0.495 e. The molecule has 1 aromatic carbocycles. The van der Waals surface area contributed by atoms with Crippen LogP contribution in [0.4, 0.5) is 10.5 Å². The van der Waals surface area contributed by atoms with Crippen LogP contribution in [0, 0.1) is 0 Å². The Labute approximate surface area is 118 Å². The average molecular weight is 279 g/mol. The number of ether oxygens (including phenoxy) is 2. The number of methoxy groups -OCH3 is 1. The summed E-state index contributed by atoms with van der Waals surface area (Å²) in [6, 6.07) is 7.00. The molecule has 0 spiro atoms. The number of hydrogen-bond acceptors (Lipinski definition) is 4. The van der Waals surface area contributed by atoms with Crippen molar-refractivity contribution in [2.45, 2.75) is 18.4 Å². The van der Waals surface area contributed by atoms with Gasteiger partial charge in [-0.3, -0.25) is 0 Å². The molecule has 20 heavy (non-hydrogen) atoms. The molecule has 0 saturated carbocycles. The molecule has 0 aliphatic carbocycles. The average Bonchev–Trinajstić information content (AvgIpc) is 2.48. The predicted octanol–water partition coefficient (Wildman–Crippen LogP) is 1.32. The monoisotopic (exact) mass is 279 g/mol. The van der Waals surface area contributed by atoms with Crippen LogP contribution in [0.25, 0.3) is 0 Å². The molecule has 1 aromatic rings. The summed E-state index contributed by atoms with van der Waals surface area (Å²) in [5, 5.41) is 5.77. The van der Waals surface area contributed by atoms with Crippen LogP contribution in [-0.4, -0.2) is 38.4 Å². The van der Waals surface area contributed by atoms with Crippen molar-refractivity contribution in [2.24, 2.45) is 5.73 Å². The highest BCUT2D eigenvalue weighted by molar-refractivity contribution is 5.91. The minimum absolute atomic E-state index is 0.276. The van der Waals surface area contributed by atoms with Crippen molar-refractivity contribution < 1.29 is 14.3 Å². The zero-order valence-corrected chi connectivity index (χ0v) is 11.6. The number of carbonyl (C=O) groups is 1. The first-order valence-corrected chi connectivity index (χ1v) is 6.69. The molecule has 1 heterocycles. The molecule has 2 amide bonds. The topological polar surface area (TPSA) is 85.6 Å². The molecule has 6 heteroatoms. The maximum Gasteiger partial charge on any atom is 0.319 e. The van der Waals surface area contributed by atoms with Crippen LogP contribution in [0.2, 0.25) is 0 Å². The summed E-state index contributed by atoms with van der Waals surface area (Å²) in [5.41, 5.74) is 6.06. The van der Waals surface area contributed by atoms with Crippen molar-refractivity contribution >= 4 is 11.7 Å². The minimum Gasteiger partial charge on any atom is -0.495 e. The van der Waals surface area contributed by atoms with E-state index >= 15 is 0 Å². The number of rotatable bonds is 4. The van der Waals surface area contributed by atoms with Gasteiger partial charge in [-0.05, 0) is 25.0 Å². The molecule has 2 rings (SSSR count). The van der Waals surface area contributed by atoms with Crippen molar-refractivity contribution in [1.82, 2.24) is 5.32 Å². The second-order valence-corrected chi connectivity index (χ2v) is 4.88. The Bertz CT molecular complexity index is 459. The smallest absolute Gasteiger partial charge is 0.319 e. The molecule has 1 saturated heterocycles. The minimum atomic E-state index is -0.385. The summed E-state index contributed by atoms with van der Waals surface area (Å²) in [6.45, 7) is 1.63. The van der Waals surface area contributed by atoms with Gasteiger partial charge in [-0.25, -0.2) is 4.79 Å². The Hall–Kier alpha value is -1.79. The maximum absolute atomic E-state index is 12.1. The van der Waals surface area contributed by atoms with E-state index in [0.717, 1.165) is 12.8 Å². The van der Waals surface area contributed by atoms with Crippen LogP contribution in [-0.2, 0) is 4.74 Å². The van der Waals surface area contributed by atoms with E-state index in [-0.39, 0.29) is 11.6 Å². The number of anilines is 1. The van der Waals surface area contributed by atoms with Gasteiger partial charge in [0.2, 0.25) is 0 Å². The SMILES string of the molecule is COc1ccccc1NC(=O)NC1(CN)CCOCC1.